The molecule has 0 unspecified atom stereocenters. The first-order valence-electron chi connectivity index (χ1n) is 5.71. The fourth-order valence-electron chi connectivity index (χ4n) is 1.68. The van der Waals surface area contributed by atoms with Crippen LogP contribution < -0.4 is 10.5 Å². The average molecular weight is 228 g/mol. The molecule has 0 bridgehead atoms. The number of hydrogen-bond donors (Lipinski definition) is 1. The van der Waals surface area contributed by atoms with E-state index in [1.807, 2.05) is 37.3 Å². The van der Waals surface area contributed by atoms with Crippen molar-refractivity contribution in [2.45, 2.75) is 13.5 Å². The molecule has 2 rings (SSSR count). The molecule has 3 nitrogen and oxygen atoms in total. The van der Waals surface area contributed by atoms with E-state index in [1.165, 1.54) is 0 Å². The summed E-state index contributed by atoms with van der Waals surface area (Å²) >= 11 is 0. The van der Waals surface area contributed by atoms with E-state index >= 15 is 0 Å². The first kappa shape index (κ1) is 11.6. The Bertz CT molecular complexity index is 497. The highest BCUT2D eigenvalue weighted by Gasteiger charge is 2.02. The van der Waals surface area contributed by atoms with E-state index in [-0.39, 0.29) is 0 Å². The summed E-state index contributed by atoms with van der Waals surface area (Å²) < 4.78 is 5.46. The lowest BCUT2D eigenvalue weighted by Crippen LogP contribution is -1.96. The number of rotatable bonds is 4. The van der Waals surface area contributed by atoms with Crippen LogP contribution in [0, 0.1) is 0 Å². The number of nitrogens with two attached hydrogens (primary N) is 1. The van der Waals surface area contributed by atoms with Gasteiger partial charge in [0.2, 0.25) is 0 Å². The largest absolute Gasteiger partial charge is 0.494 e. The molecule has 1 heterocycles. The molecule has 88 valence electrons. The highest BCUT2D eigenvalue weighted by molar-refractivity contribution is 5.61. The Kier molecular flexibility index (Phi) is 3.73. The van der Waals surface area contributed by atoms with Crippen molar-refractivity contribution in [2.24, 2.45) is 5.73 Å². The van der Waals surface area contributed by atoms with Crippen LogP contribution in [0.5, 0.6) is 5.75 Å². The molecule has 2 N–H and O–H groups in total. The monoisotopic (exact) mass is 228 g/mol. The summed E-state index contributed by atoms with van der Waals surface area (Å²) in [5, 5.41) is 0. The molecule has 0 saturated carbocycles. The number of hydrogen-bond acceptors (Lipinski definition) is 3. The molecule has 0 aliphatic carbocycles. The summed E-state index contributed by atoms with van der Waals surface area (Å²) in [5.74, 6) is 0.843. The van der Waals surface area contributed by atoms with Gasteiger partial charge in [0.1, 0.15) is 5.75 Å². The zero-order valence-corrected chi connectivity index (χ0v) is 9.89. The fourth-order valence-corrected chi connectivity index (χ4v) is 1.68. The van der Waals surface area contributed by atoms with Gasteiger partial charge in [-0.25, -0.2) is 0 Å². The lowest BCUT2D eigenvalue weighted by molar-refractivity contribution is 0.340. The van der Waals surface area contributed by atoms with E-state index in [4.69, 9.17) is 10.5 Å². The summed E-state index contributed by atoms with van der Waals surface area (Å²) in [6, 6.07) is 11.9. The number of benzene rings is 1. The molecule has 17 heavy (non-hydrogen) atoms. The Morgan fingerprint density at radius 2 is 2.12 bits per heavy atom. The van der Waals surface area contributed by atoms with Crippen LogP contribution in [0.4, 0.5) is 0 Å². The molecule has 3 heteroatoms. The second-order valence-electron chi connectivity index (χ2n) is 3.71. The van der Waals surface area contributed by atoms with Crippen LogP contribution in [0.1, 0.15) is 12.5 Å². The standard InChI is InChI=1S/C14H16N2O/c1-2-17-13-6-7-16-14(9-13)12-5-3-4-11(8-12)10-15/h3-9H,2,10,15H2,1H3. The van der Waals surface area contributed by atoms with Gasteiger partial charge >= 0.3 is 0 Å². The van der Waals surface area contributed by atoms with E-state index in [1.54, 1.807) is 6.20 Å². The third kappa shape index (κ3) is 2.82. The van der Waals surface area contributed by atoms with Crippen LogP contribution in [-0.4, -0.2) is 11.6 Å². The molecule has 0 atom stereocenters. The van der Waals surface area contributed by atoms with Crippen LogP contribution in [0.25, 0.3) is 11.3 Å². The zero-order valence-electron chi connectivity index (χ0n) is 9.89. The molecular weight excluding hydrogens is 212 g/mol. The second-order valence-corrected chi connectivity index (χ2v) is 3.71. The maximum Gasteiger partial charge on any atom is 0.122 e. The van der Waals surface area contributed by atoms with E-state index < -0.39 is 0 Å². The maximum absolute atomic E-state index is 5.63. The van der Waals surface area contributed by atoms with Crippen molar-refractivity contribution in [2.75, 3.05) is 6.61 Å². The molecule has 0 amide bonds. The van der Waals surface area contributed by atoms with E-state index in [0.29, 0.717) is 13.2 Å². The van der Waals surface area contributed by atoms with Crippen LogP contribution in [0.15, 0.2) is 42.6 Å². The first-order valence-corrected chi connectivity index (χ1v) is 5.71. The zero-order chi connectivity index (χ0) is 12.1. The molecule has 0 saturated heterocycles. The van der Waals surface area contributed by atoms with E-state index in [0.717, 1.165) is 22.6 Å². The average Bonchev–Trinajstić information content (AvgIpc) is 2.40. The van der Waals surface area contributed by atoms with Crippen LogP contribution >= 0.6 is 0 Å². The van der Waals surface area contributed by atoms with Crippen molar-refractivity contribution in [1.29, 1.82) is 0 Å². The van der Waals surface area contributed by atoms with Gasteiger partial charge in [-0.3, -0.25) is 4.98 Å². The van der Waals surface area contributed by atoms with Crippen LogP contribution in [0.3, 0.4) is 0 Å². The molecule has 0 aliphatic heterocycles. The molecule has 2 aromatic rings. The van der Waals surface area contributed by atoms with Gasteiger partial charge in [0.25, 0.3) is 0 Å². The quantitative estimate of drug-likeness (QED) is 0.875. The van der Waals surface area contributed by atoms with Gasteiger partial charge in [0, 0.05) is 24.4 Å². The Balaban J connectivity index is 2.34. The lowest BCUT2D eigenvalue weighted by Gasteiger charge is -2.06. The van der Waals surface area contributed by atoms with Crippen molar-refractivity contribution in [3.05, 3.63) is 48.2 Å². The number of pyridine rings is 1. The smallest absolute Gasteiger partial charge is 0.122 e. The molecule has 0 aliphatic rings. The minimum Gasteiger partial charge on any atom is -0.494 e. The Morgan fingerprint density at radius 3 is 2.88 bits per heavy atom. The van der Waals surface area contributed by atoms with Crippen molar-refractivity contribution in [1.82, 2.24) is 4.98 Å². The van der Waals surface area contributed by atoms with Crippen LogP contribution in [-0.2, 0) is 6.54 Å². The van der Waals surface area contributed by atoms with Gasteiger partial charge < -0.3 is 10.5 Å². The predicted molar refractivity (Wildman–Crippen MR) is 68.7 cm³/mol. The van der Waals surface area contributed by atoms with Crippen molar-refractivity contribution in [3.8, 4) is 17.0 Å². The minimum absolute atomic E-state index is 0.541. The Hall–Kier alpha value is -1.87. The Labute approximate surface area is 101 Å². The predicted octanol–water partition coefficient (Wildman–Crippen LogP) is 2.61. The van der Waals surface area contributed by atoms with Crippen LogP contribution in [0.2, 0.25) is 0 Å². The third-order valence-electron chi connectivity index (χ3n) is 2.50. The molecular formula is C14H16N2O. The summed E-state index contributed by atoms with van der Waals surface area (Å²) in [5.41, 5.74) is 8.71. The molecule has 1 aromatic carbocycles. The van der Waals surface area contributed by atoms with Crippen molar-refractivity contribution in [3.63, 3.8) is 0 Å². The van der Waals surface area contributed by atoms with Gasteiger partial charge in [0.05, 0.1) is 12.3 Å². The Morgan fingerprint density at radius 1 is 1.24 bits per heavy atom. The summed E-state index contributed by atoms with van der Waals surface area (Å²) in [7, 11) is 0. The fraction of sp³-hybridized carbons (Fsp3) is 0.214. The lowest BCUT2D eigenvalue weighted by atomic mass is 10.1. The number of aromatic nitrogens is 1. The van der Waals surface area contributed by atoms with Gasteiger partial charge in [-0.1, -0.05) is 18.2 Å². The van der Waals surface area contributed by atoms with Gasteiger partial charge in [-0.05, 0) is 24.6 Å². The molecule has 0 radical (unpaired) electrons. The maximum atomic E-state index is 5.63. The topological polar surface area (TPSA) is 48.1 Å². The highest BCUT2D eigenvalue weighted by Crippen LogP contribution is 2.22. The first-order chi connectivity index (χ1) is 8.33. The summed E-state index contributed by atoms with van der Waals surface area (Å²) in [6.45, 7) is 3.17. The third-order valence-corrected chi connectivity index (χ3v) is 2.50. The summed E-state index contributed by atoms with van der Waals surface area (Å²) in [6.07, 6.45) is 1.76. The molecule has 1 aromatic heterocycles. The van der Waals surface area contributed by atoms with Crippen molar-refractivity contribution < 1.29 is 4.74 Å². The summed E-state index contributed by atoms with van der Waals surface area (Å²) in [4.78, 5) is 4.35. The van der Waals surface area contributed by atoms with Gasteiger partial charge in [-0.15, -0.1) is 0 Å². The van der Waals surface area contributed by atoms with Gasteiger partial charge in [0.15, 0.2) is 0 Å². The van der Waals surface area contributed by atoms with Crippen molar-refractivity contribution >= 4 is 0 Å². The van der Waals surface area contributed by atoms with E-state index in [9.17, 15) is 0 Å². The minimum atomic E-state index is 0.541. The highest BCUT2D eigenvalue weighted by atomic mass is 16.5. The molecule has 0 spiro atoms. The van der Waals surface area contributed by atoms with E-state index in [2.05, 4.69) is 11.1 Å². The van der Waals surface area contributed by atoms with Gasteiger partial charge in [-0.2, -0.15) is 0 Å². The number of nitrogens with zero attached hydrogens (tertiary/aromatic N) is 1. The number of ether oxygens (including phenoxy) is 1. The SMILES string of the molecule is CCOc1ccnc(-c2cccc(CN)c2)c1. The normalized spacial score (nSPS) is 10.2. The second kappa shape index (κ2) is 5.46. The molecule has 0 fully saturated rings.